The van der Waals surface area contributed by atoms with E-state index < -0.39 is 17.8 Å². The third-order valence-corrected chi connectivity index (χ3v) is 6.34. The number of benzene rings is 1. The Hall–Kier alpha value is -2.21. The fourth-order valence-electron chi connectivity index (χ4n) is 4.40. The van der Waals surface area contributed by atoms with E-state index in [4.69, 9.17) is 0 Å². The lowest BCUT2D eigenvalue weighted by Gasteiger charge is -2.26. The summed E-state index contributed by atoms with van der Waals surface area (Å²) in [5, 5.41) is 14.8. The Morgan fingerprint density at radius 1 is 1.16 bits per heavy atom. The first-order chi connectivity index (χ1) is 12.0. The van der Waals surface area contributed by atoms with Crippen molar-refractivity contribution in [2.75, 3.05) is 5.32 Å². The van der Waals surface area contributed by atoms with E-state index in [1.165, 1.54) is 16.9 Å². The molecule has 5 nitrogen and oxygen atoms in total. The molecule has 1 aromatic heterocycles. The standard InChI is InChI=1S/C19H20N2O3S/c1-10-2-4-11(5-3-10)14-9-25-19(20-14)21-17(22)15-12-6-7-13(8-12)16(15)18(23)24/h2-5,9,12-13,15-16H,6-8H2,1H3,(H,23,24)(H,20,21,22). The number of aliphatic carboxylic acids is 1. The lowest BCUT2D eigenvalue weighted by atomic mass is 9.79. The third-order valence-electron chi connectivity index (χ3n) is 5.59. The summed E-state index contributed by atoms with van der Waals surface area (Å²) >= 11 is 1.37. The molecule has 0 radical (unpaired) electrons. The summed E-state index contributed by atoms with van der Waals surface area (Å²) in [5.74, 6) is -1.66. The SMILES string of the molecule is Cc1ccc(-c2csc(NC(=O)C3C4CCC(C4)C3C(=O)O)n2)cc1. The number of anilines is 1. The van der Waals surface area contributed by atoms with Gasteiger partial charge >= 0.3 is 5.97 Å². The molecule has 0 aliphatic heterocycles. The number of carbonyl (C=O) groups is 2. The van der Waals surface area contributed by atoms with Gasteiger partial charge in [0.25, 0.3) is 0 Å². The quantitative estimate of drug-likeness (QED) is 0.873. The number of hydrogen-bond acceptors (Lipinski definition) is 4. The molecule has 1 aromatic carbocycles. The second-order valence-corrected chi connectivity index (χ2v) is 7.97. The van der Waals surface area contributed by atoms with Crippen LogP contribution in [0.25, 0.3) is 11.3 Å². The number of rotatable bonds is 4. The minimum absolute atomic E-state index is 0.151. The van der Waals surface area contributed by atoms with Gasteiger partial charge in [-0.2, -0.15) is 0 Å². The predicted molar refractivity (Wildman–Crippen MR) is 96.4 cm³/mol. The molecular formula is C19H20N2O3S. The zero-order valence-electron chi connectivity index (χ0n) is 13.9. The van der Waals surface area contributed by atoms with Crippen LogP contribution in [0.1, 0.15) is 24.8 Å². The van der Waals surface area contributed by atoms with Crippen molar-refractivity contribution in [2.24, 2.45) is 23.7 Å². The van der Waals surface area contributed by atoms with Crippen LogP contribution >= 0.6 is 11.3 Å². The Kier molecular flexibility index (Phi) is 4.07. The molecule has 25 heavy (non-hydrogen) atoms. The van der Waals surface area contributed by atoms with Crippen LogP contribution in [0.15, 0.2) is 29.6 Å². The maximum absolute atomic E-state index is 12.7. The van der Waals surface area contributed by atoms with Crippen molar-refractivity contribution >= 4 is 28.3 Å². The number of fused-ring (bicyclic) bond motifs is 2. The van der Waals surface area contributed by atoms with E-state index in [9.17, 15) is 14.7 Å². The van der Waals surface area contributed by atoms with Gasteiger partial charge in [-0.15, -0.1) is 11.3 Å². The number of thiazole rings is 1. The van der Waals surface area contributed by atoms with Gasteiger partial charge in [0.15, 0.2) is 5.13 Å². The van der Waals surface area contributed by atoms with Crippen molar-refractivity contribution in [1.29, 1.82) is 0 Å². The van der Waals surface area contributed by atoms with Gasteiger partial charge in [0, 0.05) is 10.9 Å². The van der Waals surface area contributed by atoms with E-state index in [1.807, 2.05) is 36.6 Å². The van der Waals surface area contributed by atoms with E-state index in [-0.39, 0.29) is 17.7 Å². The molecule has 2 aromatic rings. The zero-order chi connectivity index (χ0) is 17.6. The van der Waals surface area contributed by atoms with E-state index in [2.05, 4.69) is 10.3 Å². The van der Waals surface area contributed by atoms with Crippen molar-refractivity contribution in [3.63, 3.8) is 0 Å². The van der Waals surface area contributed by atoms with Gasteiger partial charge in [-0.25, -0.2) is 4.98 Å². The zero-order valence-corrected chi connectivity index (χ0v) is 14.8. The fourth-order valence-corrected chi connectivity index (χ4v) is 5.12. The summed E-state index contributed by atoms with van der Waals surface area (Å²) < 4.78 is 0. The number of hydrogen-bond donors (Lipinski definition) is 2. The smallest absolute Gasteiger partial charge is 0.307 e. The first-order valence-corrected chi connectivity index (χ1v) is 9.47. The number of carboxylic acid groups (broad SMARTS) is 1. The minimum atomic E-state index is -0.841. The van der Waals surface area contributed by atoms with Gasteiger partial charge in [-0.1, -0.05) is 29.8 Å². The van der Waals surface area contributed by atoms with Gasteiger partial charge in [-0.3, -0.25) is 9.59 Å². The maximum Gasteiger partial charge on any atom is 0.307 e. The van der Waals surface area contributed by atoms with Crippen LogP contribution in [0.5, 0.6) is 0 Å². The molecular weight excluding hydrogens is 336 g/mol. The highest BCUT2D eigenvalue weighted by Gasteiger charge is 2.54. The number of aryl methyl sites for hydroxylation is 1. The molecule has 6 heteroatoms. The van der Waals surface area contributed by atoms with Crippen LogP contribution in [0.3, 0.4) is 0 Å². The van der Waals surface area contributed by atoms with E-state index >= 15 is 0 Å². The van der Waals surface area contributed by atoms with Crippen molar-refractivity contribution in [3.8, 4) is 11.3 Å². The van der Waals surface area contributed by atoms with Crippen molar-refractivity contribution in [2.45, 2.75) is 26.2 Å². The van der Waals surface area contributed by atoms with Crippen LogP contribution in [-0.2, 0) is 9.59 Å². The van der Waals surface area contributed by atoms with Crippen LogP contribution in [-0.4, -0.2) is 22.0 Å². The highest BCUT2D eigenvalue weighted by molar-refractivity contribution is 7.14. The van der Waals surface area contributed by atoms with Crippen LogP contribution < -0.4 is 5.32 Å². The van der Waals surface area contributed by atoms with Crippen molar-refractivity contribution in [3.05, 3.63) is 35.2 Å². The number of amides is 1. The van der Waals surface area contributed by atoms with E-state index in [0.717, 1.165) is 30.5 Å². The van der Waals surface area contributed by atoms with E-state index in [1.54, 1.807) is 0 Å². The largest absolute Gasteiger partial charge is 0.481 e. The molecule has 2 aliphatic carbocycles. The number of nitrogens with one attached hydrogen (secondary N) is 1. The molecule has 2 fully saturated rings. The normalized spacial score (nSPS) is 27.4. The topological polar surface area (TPSA) is 79.3 Å². The molecule has 4 unspecified atom stereocenters. The molecule has 2 bridgehead atoms. The summed E-state index contributed by atoms with van der Waals surface area (Å²) in [5.41, 5.74) is 3.01. The summed E-state index contributed by atoms with van der Waals surface area (Å²) in [6.07, 6.45) is 2.75. The number of nitrogens with zero attached hydrogens (tertiary/aromatic N) is 1. The molecule has 1 amide bonds. The lowest BCUT2D eigenvalue weighted by Crippen LogP contribution is -2.37. The molecule has 130 valence electrons. The molecule has 4 atom stereocenters. The Labute approximate surface area is 150 Å². The first kappa shape index (κ1) is 16.3. The summed E-state index contributed by atoms with van der Waals surface area (Å²) in [4.78, 5) is 28.8. The molecule has 4 rings (SSSR count). The monoisotopic (exact) mass is 356 g/mol. The molecule has 2 aliphatic rings. The number of aromatic nitrogens is 1. The highest BCUT2D eigenvalue weighted by atomic mass is 32.1. The maximum atomic E-state index is 12.7. The summed E-state index contributed by atoms with van der Waals surface area (Å²) in [6, 6.07) is 8.07. The highest BCUT2D eigenvalue weighted by Crippen LogP contribution is 2.52. The van der Waals surface area contributed by atoms with Gasteiger partial charge in [-0.05, 0) is 38.0 Å². The molecule has 2 saturated carbocycles. The second-order valence-electron chi connectivity index (χ2n) is 7.12. The van der Waals surface area contributed by atoms with Crippen LogP contribution in [0.4, 0.5) is 5.13 Å². The second kappa shape index (κ2) is 6.26. The molecule has 0 saturated heterocycles. The first-order valence-electron chi connectivity index (χ1n) is 8.59. The van der Waals surface area contributed by atoms with Crippen molar-refractivity contribution in [1.82, 2.24) is 4.98 Å². The van der Waals surface area contributed by atoms with Crippen LogP contribution in [0, 0.1) is 30.6 Å². The summed E-state index contributed by atoms with van der Waals surface area (Å²) in [6.45, 7) is 2.03. The molecule has 0 spiro atoms. The minimum Gasteiger partial charge on any atom is -0.481 e. The Balaban J connectivity index is 1.50. The number of carbonyl (C=O) groups excluding carboxylic acids is 1. The Morgan fingerprint density at radius 3 is 2.52 bits per heavy atom. The lowest BCUT2D eigenvalue weighted by molar-refractivity contribution is -0.148. The third kappa shape index (κ3) is 2.95. The predicted octanol–water partition coefficient (Wildman–Crippen LogP) is 3.80. The van der Waals surface area contributed by atoms with Gasteiger partial charge in [0.05, 0.1) is 17.5 Å². The molecule has 2 N–H and O–H groups in total. The molecule has 1 heterocycles. The van der Waals surface area contributed by atoms with Gasteiger partial charge < -0.3 is 10.4 Å². The van der Waals surface area contributed by atoms with E-state index in [0.29, 0.717) is 5.13 Å². The van der Waals surface area contributed by atoms with Crippen molar-refractivity contribution < 1.29 is 14.7 Å². The average molecular weight is 356 g/mol. The van der Waals surface area contributed by atoms with Gasteiger partial charge in [0.2, 0.25) is 5.91 Å². The van der Waals surface area contributed by atoms with Crippen LogP contribution in [0.2, 0.25) is 0 Å². The Morgan fingerprint density at radius 2 is 1.84 bits per heavy atom. The number of carboxylic acids is 1. The summed E-state index contributed by atoms with van der Waals surface area (Å²) in [7, 11) is 0. The van der Waals surface area contributed by atoms with Gasteiger partial charge in [0.1, 0.15) is 0 Å². The Bertz CT molecular complexity index is 814. The average Bonchev–Trinajstić information content (AvgIpc) is 3.30. The fraction of sp³-hybridized carbons (Fsp3) is 0.421.